The van der Waals surface area contributed by atoms with Gasteiger partial charge in [0.15, 0.2) is 5.96 Å². The highest BCUT2D eigenvalue weighted by Crippen LogP contribution is 2.35. The Bertz CT molecular complexity index is 1870. The highest BCUT2D eigenvalue weighted by Gasteiger charge is 2.35. The smallest absolute Gasteiger partial charge is 0.407 e. The van der Waals surface area contributed by atoms with Crippen LogP contribution < -0.4 is 37.6 Å². The Balaban J connectivity index is 1.48. The number of rotatable bonds is 17. The average Bonchev–Trinajstić information content (AvgIpc) is 3.56. The Labute approximate surface area is 331 Å². The van der Waals surface area contributed by atoms with Crippen LogP contribution in [-0.4, -0.2) is 77.7 Å². The van der Waals surface area contributed by atoms with Gasteiger partial charge in [0.1, 0.15) is 35.1 Å². The Hall–Kier alpha value is -5.97. The molecule has 57 heavy (non-hydrogen) atoms. The number of ether oxygens (including phenoxy) is 1. The maximum Gasteiger partial charge on any atom is 0.407 e. The molecule has 17 heteroatoms. The van der Waals surface area contributed by atoms with Crippen LogP contribution in [0.3, 0.4) is 0 Å². The molecule has 5 amide bonds. The quantitative estimate of drug-likeness (QED) is 0.0553. The number of urea groups is 1. The lowest BCUT2D eigenvalue weighted by Crippen LogP contribution is -2.50. The normalized spacial score (nSPS) is 13.8. The number of nitrogens with one attached hydrogen (secondary N) is 6. The van der Waals surface area contributed by atoms with Crippen molar-refractivity contribution in [2.45, 2.75) is 84.3 Å². The number of carbonyl (C=O) groups excluding carboxylic acids is 4. The summed E-state index contributed by atoms with van der Waals surface area (Å²) in [6.07, 6.45) is 0.519. The third-order valence-electron chi connectivity index (χ3n) is 8.80. The standard InChI is InChI=1S/C40H53F2N9O6/c1-5-44-38(55)50-37(43)46-17-10-16-33(35(53)48-22-28-30(41)20-27(52)21-31(28)42)49-36(54)34(25-12-7-6-8-13-25)51-23-26-14-9-15-32(29(26)24-51)45-18-11-19-47-39(56)57-40(2,3)4/h6-9,12-15,20-21,33-34,45,52H,5,10-11,16-19,22-24H2,1-4H3,(H,47,56)(H,48,53)(H,49,54)(H4,43,44,46,50,55)/t33-,34?/m1/s1. The van der Waals surface area contributed by atoms with Gasteiger partial charge in [-0.05, 0) is 69.7 Å². The number of fused-ring (bicyclic) bond motifs is 1. The number of aromatic hydroxyl groups is 1. The molecule has 0 radical (unpaired) electrons. The predicted molar refractivity (Wildman–Crippen MR) is 212 cm³/mol. The monoisotopic (exact) mass is 793 g/mol. The number of anilines is 1. The summed E-state index contributed by atoms with van der Waals surface area (Å²) in [6, 6.07) is 13.9. The lowest BCUT2D eigenvalue weighted by Gasteiger charge is -2.29. The molecular weight excluding hydrogens is 740 g/mol. The number of carbonyl (C=O) groups is 4. The minimum Gasteiger partial charge on any atom is -0.508 e. The number of benzene rings is 3. The maximum atomic E-state index is 14.5. The van der Waals surface area contributed by atoms with Crippen LogP contribution in [-0.2, 0) is 34.0 Å². The van der Waals surface area contributed by atoms with Crippen molar-refractivity contribution < 1.29 is 37.8 Å². The molecule has 0 spiro atoms. The van der Waals surface area contributed by atoms with Crippen molar-refractivity contribution in [1.82, 2.24) is 31.5 Å². The van der Waals surface area contributed by atoms with Crippen LogP contribution in [0.15, 0.2) is 65.7 Å². The zero-order chi connectivity index (χ0) is 41.5. The SMILES string of the molecule is CCNC(=O)/N=C(/N)NCCC[C@@H](NC(=O)C(c1ccccc1)N1Cc2cccc(NCCCNC(=O)OC(C)(C)C)c2C1)C(=O)NCc1c(F)cc(O)cc1F. The van der Waals surface area contributed by atoms with E-state index in [0.29, 0.717) is 44.7 Å². The number of phenolic OH excluding ortho intramolecular Hbond substituents is 1. The van der Waals surface area contributed by atoms with Crippen molar-refractivity contribution in [2.75, 3.05) is 31.5 Å². The van der Waals surface area contributed by atoms with Gasteiger partial charge >= 0.3 is 12.1 Å². The predicted octanol–water partition coefficient (Wildman–Crippen LogP) is 4.27. The third-order valence-corrected chi connectivity index (χ3v) is 8.80. The molecular formula is C40H53F2N9O6. The molecule has 0 fully saturated rings. The highest BCUT2D eigenvalue weighted by molar-refractivity contribution is 5.92. The van der Waals surface area contributed by atoms with Crippen molar-refractivity contribution in [3.05, 3.63) is 94.6 Å². The molecule has 2 atom stereocenters. The van der Waals surface area contributed by atoms with E-state index in [4.69, 9.17) is 10.5 Å². The number of alkyl carbamates (subject to hydrolysis) is 1. The average molecular weight is 794 g/mol. The molecule has 0 aliphatic carbocycles. The Kier molecular flexibility index (Phi) is 16.0. The molecule has 1 aliphatic heterocycles. The van der Waals surface area contributed by atoms with Crippen molar-refractivity contribution in [1.29, 1.82) is 0 Å². The summed E-state index contributed by atoms with van der Waals surface area (Å²) in [5.41, 5.74) is 8.38. The van der Waals surface area contributed by atoms with E-state index in [9.17, 15) is 33.1 Å². The van der Waals surface area contributed by atoms with Crippen LogP contribution in [0.25, 0.3) is 0 Å². The fourth-order valence-corrected chi connectivity index (χ4v) is 6.21. The summed E-state index contributed by atoms with van der Waals surface area (Å²) in [4.78, 5) is 57.5. The Morgan fingerprint density at radius 1 is 0.895 bits per heavy atom. The van der Waals surface area contributed by atoms with Crippen molar-refractivity contribution in [2.24, 2.45) is 10.7 Å². The Morgan fingerprint density at radius 2 is 1.60 bits per heavy atom. The molecule has 0 bridgehead atoms. The van der Waals surface area contributed by atoms with Gasteiger partial charge in [-0.1, -0.05) is 42.5 Å². The lowest BCUT2D eigenvalue weighted by atomic mass is 10.0. The summed E-state index contributed by atoms with van der Waals surface area (Å²) in [5, 5.41) is 26.5. The van der Waals surface area contributed by atoms with E-state index in [1.807, 2.05) is 53.4 Å². The van der Waals surface area contributed by atoms with Gasteiger partial charge in [-0.3, -0.25) is 14.5 Å². The van der Waals surface area contributed by atoms with Gasteiger partial charge in [0.2, 0.25) is 11.8 Å². The number of halogens is 2. The fraction of sp³-hybridized carbons (Fsp3) is 0.425. The molecule has 3 aromatic rings. The van der Waals surface area contributed by atoms with E-state index < -0.39 is 71.1 Å². The molecule has 308 valence electrons. The summed E-state index contributed by atoms with van der Waals surface area (Å²) in [5.74, 6) is -3.97. The van der Waals surface area contributed by atoms with Crippen LogP contribution in [0, 0.1) is 11.6 Å². The first-order valence-corrected chi connectivity index (χ1v) is 18.9. The zero-order valence-corrected chi connectivity index (χ0v) is 32.7. The van der Waals surface area contributed by atoms with Gasteiger partial charge in [-0.15, -0.1) is 0 Å². The first-order valence-electron chi connectivity index (χ1n) is 18.9. The largest absolute Gasteiger partial charge is 0.508 e. The van der Waals surface area contributed by atoms with Gasteiger partial charge in [-0.25, -0.2) is 18.4 Å². The number of nitrogens with two attached hydrogens (primary N) is 1. The second-order valence-electron chi connectivity index (χ2n) is 14.4. The zero-order valence-electron chi connectivity index (χ0n) is 32.7. The minimum absolute atomic E-state index is 0.0815. The van der Waals surface area contributed by atoms with Gasteiger partial charge < -0.3 is 47.5 Å². The van der Waals surface area contributed by atoms with Crippen LogP contribution in [0.1, 0.15) is 75.3 Å². The van der Waals surface area contributed by atoms with Gasteiger partial charge in [0.05, 0.1) is 0 Å². The first-order chi connectivity index (χ1) is 27.1. The van der Waals surface area contributed by atoms with E-state index in [0.717, 1.165) is 28.9 Å². The van der Waals surface area contributed by atoms with E-state index in [1.165, 1.54) is 0 Å². The maximum absolute atomic E-state index is 14.5. The fourth-order valence-electron chi connectivity index (χ4n) is 6.21. The molecule has 15 nitrogen and oxygen atoms in total. The third kappa shape index (κ3) is 13.6. The second kappa shape index (κ2) is 20.8. The first kappa shape index (κ1) is 43.8. The summed E-state index contributed by atoms with van der Waals surface area (Å²) in [7, 11) is 0. The van der Waals surface area contributed by atoms with Crippen LogP contribution in [0.5, 0.6) is 5.75 Å². The Morgan fingerprint density at radius 3 is 2.28 bits per heavy atom. The molecule has 1 unspecified atom stereocenters. The number of nitrogens with zero attached hydrogens (tertiary/aromatic N) is 2. The van der Waals surface area contributed by atoms with E-state index in [-0.39, 0.29) is 25.3 Å². The van der Waals surface area contributed by atoms with Crippen molar-refractivity contribution in [3.8, 4) is 5.75 Å². The molecule has 9 N–H and O–H groups in total. The van der Waals surface area contributed by atoms with Crippen LogP contribution in [0.4, 0.5) is 24.1 Å². The molecule has 0 saturated carbocycles. The van der Waals surface area contributed by atoms with Crippen molar-refractivity contribution >= 4 is 35.6 Å². The lowest BCUT2D eigenvalue weighted by molar-refractivity contribution is -0.132. The summed E-state index contributed by atoms with van der Waals surface area (Å²) < 4.78 is 34.3. The number of phenols is 1. The van der Waals surface area contributed by atoms with Crippen molar-refractivity contribution in [3.63, 3.8) is 0 Å². The number of hydrogen-bond acceptors (Lipinski definition) is 8. The molecule has 4 rings (SSSR count). The van der Waals surface area contributed by atoms with Gasteiger partial charge in [0, 0.05) is 69.2 Å². The molecule has 0 saturated heterocycles. The van der Waals surface area contributed by atoms with Crippen LogP contribution >= 0.6 is 0 Å². The molecule has 3 aromatic carbocycles. The summed E-state index contributed by atoms with van der Waals surface area (Å²) >= 11 is 0. The summed E-state index contributed by atoms with van der Waals surface area (Å²) in [6.45, 7) is 8.98. The second-order valence-corrected chi connectivity index (χ2v) is 14.4. The number of guanidine groups is 1. The number of aliphatic imine (C=N–C) groups is 1. The topological polar surface area (TPSA) is 212 Å². The van der Waals surface area contributed by atoms with Crippen LogP contribution in [0.2, 0.25) is 0 Å². The van der Waals surface area contributed by atoms with E-state index in [2.05, 4.69) is 36.9 Å². The van der Waals surface area contributed by atoms with E-state index in [1.54, 1.807) is 27.7 Å². The molecule has 1 aliphatic rings. The van der Waals surface area contributed by atoms with Gasteiger partial charge in [0.25, 0.3) is 0 Å². The van der Waals surface area contributed by atoms with E-state index >= 15 is 0 Å². The molecule has 0 aromatic heterocycles. The molecule has 1 heterocycles. The minimum atomic E-state index is -1.15. The van der Waals surface area contributed by atoms with Gasteiger partial charge in [-0.2, -0.15) is 4.99 Å². The number of amides is 5. The number of hydrogen-bond donors (Lipinski definition) is 8. The highest BCUT2D eigenvalue weighted by atomic mass is 19.1.